The van der Waals surface area contributed by atoms with E-state index in [-0.39, 0.29) is 12.5 Å². The molecule has 1 N–H and O–H groups in total. The number of aryl methyl sites for hydroxylation is 1. The number of hydrogen-bond acceptors (Lipinski definition) is 2. The van der Waals surface area contributed by atoms with Crippen molar-refractivity contribution in [2.75, 3.05) is 32.8 Å². The Kier molecular flexibility index (Phi) is 5.58. The Hall–Kier alpha value is -2.85. The van der Waals surface area contributed by atoms with Gasteiger partial charge in [-0.2, -0.15) is 0 Å². The molecule has 4 nitrogen and oxygen atoms in total. The first kappa shape index (κ1) is 18.5. The molecule has 0 atom stereocenters. The van der Waals surface area contributed by atoms with Crippen molar-refractivity contribution < 1.29 is 14.4 Å². The molecule has 28 heavy (non-hydrogen) atoms. The minimum absolute atomic E-state index is 0.0739. The lowest BCUT2D eigenvalue weighted by atomic mass is 10.0. The Morgan fingerprint density at radius 2 is 1.68 bits per heavy atom. The highest BCUT2D eigenvalue weighted by molar-refractivity contribution is 5.85. The van der Waals surface area contributed by atoms with Crippen LogP contribution in [0.1, 0.15) is 11.1 Å². The van der Waals surface area contributed by atoms with Gasteiger partial charge in [-0.1, -0.05) is 60.2 Å². The second-order valence-electron chi connectivity index (χ2n) is 7.55. The van der Waals surface area contributed by atoms with Crippen LogP contribution in [0.15, 0.2) is 66.7 Å². The minimum Gasteiger partial charge on any atom is -0.484 e. The highest BCUT2D eigenvalue weighted by Gasteiger charge is 2.24. The summed E-state index contributed by atoms with van der Waals surface area (Å²) < 4.78 is 5.65. The van der Waals surface area contributed by atoms with Crippen molar-refractivity contribution >= 4 is 16.7 Å². The van der Waals surface area contributed by atoms with E-state index >= 15 is 0 Å². The number of carbonyl (C=O) groups excluding carboxylic acids is 1. The normalized spacial score (nSPS) is 15.0. The SMILES string of the molecule is Cc1ccc(OCC(=O)N2CC[NH+](Cc3cccc4ccccc34)CC2)cc1. The number of nitrogens with one attached hydrogen (secondary N) is 1. The van der Waals surface area contributed by atoms with Gasteiger partial charge in [0.1, 0.15) is 12.3 Å². The molecule has 3 aromatic rings. The van der Waals surface area contributed by atoms with Gasteiger partial charge in [-0.25, -0.2) is 0 Å². The molecular formula is C24H27N2O2+. The Bertz CT molecular complexity index is 939. The number of carbonyl (C=O) groups is 1. The largest absolute Gasteiger partial charge is 0.484 e. The maximum absolute atomic E-state index is 12.5. The fourth-order valence-electron chi connectivity index (χ4n) is 3.84. The van der Waals surface area contributed by atoms with Gasteiger partial charge in [0.05, 0.1) is 26.2 Å². The molecule has 0 radical (unpaired) electrons. The maximum Gasteiger partial charge on any atom is 0.260 e. The first-order valence-electron chi connectivity index (χ1n) is 9.96. The number of piperazine rings is 1. The molecule has 0 unspecified atom stereocenters. The van der Waals surface area contributed by atoms with Crippen LogP contribution in [0.5, 0.6) is 5.75 Å². The summed E-state index contributed by atoms with van der Waals surface area (Å²) in [5.41, 5.74) is 2.57. The zero-order valence-corrected chi connectivity index (χ0v) is 16.4. The molecule has 1 aliphatic heterocycles. The van der Waals surface area contributed by atoms with E-state index < -0.39 is 0 Å². The van der Waals surface area contributed by atoms with Crippen LogP contribution in [0, 0.1) is 6.92 Å². The third kappa shape index (κ3) is 4.34. The van der Waals surface area contributed by atoms with E-state index in [1.165, 1.54) is 26.8 Å². The van der Waals surface area contributed by atoms with Crippen molar-refractivity contribution in [3.8, 4) is 5.75 Å². The molecule has 0 saturated carbocycles. The minimum atomic E-state index is 0.0739. The summed E-state index contributed by atoms with van der Waals surface area (Å²) in [6.07, 6.45) is 0. The zero-order valence-electron chi connectivity index (χ0n) is 16.4. The summed E-state index contributed by atoms with van der Waals surface area (Å²) in [6.45, 7) is 6.67. The molecule has 3 aromatic carbocycles. The van der Waals surface area contributed by atoms with Gasteiger partial charge >= 0.3 is 0 Å². The Morgan fingerprint density at radius 1 is 0.964 bits per heavy atom. The van der Waals surface area contributed by atoms with Crippen LogP contribution < -0.4 is 9.64 Å². The van der Waals surface area contributed by atoms with E-state index in [4.69, 9.17) is 4.74 Å². The summed E-state index contributed by atoms with van der Waals surface area (Å²) in [5.74, 6) is 0.823. The van der Waals surface area contributed by atoms with Crippen LogP contribution in [-0.4, -0.2) is 43.6 Å². The monoisotopic (exact) mass is 375 g/mol. The molecule has 1 fully saturated rings. The summed E-state index contributed by atoms with van der Waals surface area (Å²) >= 11 is 0. The van der Waals surface area contributed by atoms with E-state index in [1.807, 2.05) is 36.1 Å². The third-order valence-electron chi connectivity index (χ3n) is 5.53. The predicted molar refractivity (Wildman–Crippen MR) is 112 cm³/mol. The molecule has 1 heterocycles. The van der Waals surface area contributed by atoms with Crippen molar-refractivity contribution in [1.29, 1.82) is 0 Å². The summed E-state index contributed by atoms with van der Waals surface area (Å²) in [5, 5.41) is 2.63. The molecule has 1 amide bonds. The van der Waals surface area contributed by atoms with E-state index in [0.717, 1.165) is 38.5 Å². The Balaban J connectivity index is 1.29. The van der Waals surface area contributed by atoms with Gasteiger partial charge in [0.25, 0.3) is 5.91 Å². The number of hydrogen-bond donors (Lipinski definition) is 1. The second-order valence-corrected chi connectivity index (χ2v) is 7.55. The van der Waals surface area contributed by atoms with Crippen molar-refractivity contribution in [2.45, 2.75) is 13.5 Å². The van der Waals surface area contributed by atoms with Crippen LogP contribution in [0.4, 0.5) is 0 Å². The molecule has 4 rings (SSSR count). The summed E-state index contributed by atoms with van der Waals surface area (Å²) in [6, 6.07) is 22.9. The van der Waals surface area contributed by atoms with Crippen molar-refractivity contribution in [3.05, 3.63) is 77.9 Å². The number of nitrogens with zero attached hydrogens (tertiary/aromatic N) is 1. The topological polar surface area (TPSA) is 34.0 Å². The number of ether oxygens (including phenoxy) is 1. The van der Waals surface area contributed by atoms with Gasteiger partial charge < -0.3 is 14.5 Å². The van der Waals surface area contributed by atoms with Crippen LogP contribution in [-0.2, 0) is 11.3 Å². The first-order chi connectivity index (χ1) is 13.7. The molecule has 0 aromatic heterocycles. The average Bonchev–Trinajstić information content (AvgIpc) is 2.74. The standard InChI is InChI=1S/C24H26N2O2/c1-19-9-11-22(12-10-19)28-18-24(27)26-15-13-25(14-16-26)17-21-7-4-6-20-5-2-3-8-23(20)21/h2-12H,13-18H2,1H3/p+1. The second kappa shape index (κ2) is 8.44. The van der Waals surface area contributed by atoms with Gasteiger partial charge in [0, 0.05) is 5.56 Å². The Labute approximate surface area is 166 Å². The lowest BCUT2D eigenvalue weighted by Gasteiger charge is -2.32. The van der Waals surface area contributed by atoms with E-state index in [2.05, 4.69) is 42.5 Å². The van der Waals surface area contributed by atoms with E-state index in [0.29, 0.717) is 0 Å². The highest BCUT2D eigenvalue weighted by Crippen LogP contribution is 2.17. The van der Waals surface area contributed by atoms with Gasteiger partial charge in [-0.3, -0.25) is 4.79 Å². The van der Waals surface area contributed by atoms with Crippen LogP contribution in [0.25, 0.3) is 10.8 Å². The number of fused-ring (bicyclic) bond motifs is 1. The van der Waals surface area contributed by atoms with Gasteiger partial charge in [-0.15, -0.1) is 0 Å². The summed E-state index contributed by atoms with van der Waals surface area (Å²) in [7, 11) is 0. The third-order valence-corrected chi connectivity index (χ3v) is 5.53. The Morgan fingerprint density at radius 3 is 2.46 bits per heavy atom. The molecule has 0 bridgehead atoms. The maximum atomic E-state index is 12.5. The lowest BCUT2D eigenvalue weighted by Crippen LogP contribution is -3.13. The highest BCUT2D eigenvalue weighted by atomic mass is 16.5. The first-order valence-corrected chi connectivity index (χ1v) is 9.96. The van der Waals surface area contributed by atoms with Gasteiger partial charge in [0.15, 0.2) is 6.61 Å². The molecular weight excluding hydrogens is 348 g/mol. The molecule has 0 spiro atoms. The number of benzene rings is 3. The fourth-order valence-corrected chi connectivity index (χ4v) is 3.84. The number of rotatable bonds is 5. The lowest BCUT2D eigenvalue weighted by molar-refractivity contribution is -0.917. The van der Waals surface area contributed by atoms with Gasteiger partial charge in [0.2, 0.25) is 0 Å². The molecule has 1 aliphatic rings. The summed E-state index contributed by atoms with van der Waals surface area (Å²) in [4.78, 5) is 15.9. The quantitative estimate of drug-likeness (QED) is 0.743. The van der Waals surface area contributed by atoms with Crippen molar-refractivity contribution in [2.24, 2.45) is 0 Å². The fraction of sp³-hybridized carbons (Fsp3) is 0.292. The molecule has 1 saturated heterocycles. The molecule has 0 aliphatic carbocycles. The van der Waals surface area contributed by atoms with Gasteiger partial charge in [-0.05, 0) is 29.8 Å². The number of quaternary nitrogens is 1. The number of amides is 1. The van der Waals surface area contributed by atoms with Crippen LogP contribution in [0.3, 0.4) is 0 Å². The van der Waals surface area contributed by atoms with Crippen LogP contribution >= 0.6 is 0 Å². The van der Waals surface area contributed by atoms with Crippen LogP contribution in [0.2, 0.25) is 0 Å². The molecule has 144 valence electrons. The van der Waals surface area contributed by atoms with E-state index in [1.54, 1.807) is 0 Å². The predicted octanol–water partition coefficient (Wildman–Crippen LogP) is 2.45. The van der Waals surface area contributed by atoms with Crippen molar-refractivity contribution in [1.82, 2.24) is 4.90 Å². The molecule has 4 heteroatoms. The average molecular weight is 375 g/mol. The van der Waals surface area contributed by atoms with Crippen molar-refractivity contribution in [3.63, 3.8) is 0 Å². The zero-order chi connectivity index (χ0) is 19.3. The smallest absolute Gasteiger partial charge is 0.260 e. The van der Waals surface area contributed by atoms with E-state index in [9.17, 15) is 4.79 Å².